The summed E-state index contributed by atoms with van der Waals surface area (Å²) in [5.74, 6) is 1.65. The third-order valence-electron chi connectivity index (χ3n) is 3.80. The van der Waals surface area contributed by atoms with Crippen molar-refractivity contribution in [2.45, 2.75) is 39.0 Å². The van der Waals surface area contributed by atoms with Crippen molar-refractivity contribution in [1.29, 1.82) is 0 Å². The largest absolute Gasteiger partial charge is 0.316 e. The minimum atomic E-state index is 0.730. The van der Waals surface area contributed by atoms with Gasteiger partial charge in [0.2, 0.25) is 0 Å². The fourth-order valence-electron chi connectivity index (χ4n) is 2.60. The van der Waals surface area contributed by atoms with E-state index >= 15 is 0 Å². The predicted octanol–water partition coefficient (Wildman–Crippen LogP) is 3.49. The standard InChI is InChI=1S/C15H23N/c1-3-16-11-15(13-7-5-8-13)14-9-4-6-12(2)10-14/h4,6,9-10,13,15-16H,3,5,7-8,11H2,1-2H3. The first-order chi connectivity index (χ1) is 7.81. The molecule has 1 unspecified atom stereocenters. The molecule has 2 rings (SSSR count). The molecule has 16 heavy (non-hydrogen) atoms. The van der Waals surface area contributed by atoms with Crippen LogP contribution in [0, 0.1) is 12.8 Å². The van der Waals surface area contributed by atoms with Crippen molar-refractivity contribution in [1.82, 2.24) is 5.32 Å². The molecular weight excluding hydrogens is 194 g/mol. The normalized spacial score (nSPS) is 18.1. The topological polar surface area (TPSA) is 12.0 Å². The van der Waals surface area contributed by atoms with Crippen LogP contribution in [0.15, 0.2) is 24.3 Å². The number of hydrogen-bond acceptors (Lipinski definition) is 1. The molecule has 1 N–H and O–H groups in total. The van der Waals surface area contributed by atoms with E-state index in [1.54, 1.807) is 0 Å². The molecule has 1 heteroatoms. The minimum Gasteiger partial charge on any atom is -0.316 e. The van der Waals surface area contributed by atoms with E-state index in [9.17, 15) is 0 Å². The van der Waals surface area contributed by atoms with Gasteiger partial charge in [-0.05, 0) is 43.7 Å². The summed E-state index contributed by atoms with van der Waals surface area (Å²) in [7, 11) is 0. The van der Waals surface area contributed by atoms with E-state index in [-0.39, 0.29) is 0 Å². The van der Waals surface area contributed by atoms with E-state index in [1.807, 2.05) is 0 Å². The number of rotatable bonds is 5. The Morgan fingerprint density at radius 3 is 2.75 bits per heavy atom. The van der Waals surface area contributed by atoms with Crippen LogP contribution < -0.4 is 5.32 Å². The van der Waals surface area contributed by atoms with E-state index in [1.165, 1.54) is 30.4 Å². The molecule has 1 aromatic rings. The first-order valence-electron chi connectivity index (χ1n) is 6.58. The molecule has 1 nitrogen and oxygen atoms in total. The molecule has 1 aliphatic rings. The Morgan fingerprint density at radius 2 is 2.19 bits per heavy atom. The van der Waals surface area contributed by atoms with Crippen molar-refractivity contribution in [3.63, 3.8) is 0 Å². The highest BCUT2D eigenvalue weighted by molar-refractivity contribution is 5.26. The second-order valence-corrected chi connectivity index (χ2v) is 5.02. The van der Waals surface area contributed by atoms with Gasteiger partial charge in [-0.15, -0.1) is 0 Å². The van der Waals surface area contributed by atoms with Crippen LogP contribution >= 0.6 is 0 Å². The SMILES string of the molecule is CCNCC(c1cccc(C)c1)C1CCC1. The lowest BCUT2D eigenvalue weighted by Crippen LogP contribution is -2.30. The number of likely N-dealkylation sites (N-methyl/N-ethyl adjacent to an activating group) is 1. The Hall–Kier alpha value is -0.820. The van der Waals surface area contributed by atoms with Crippen LogP contribution in [0.4, 0.5) is 0 Å². The summed E-state index contributed by atoms with van der Waals surface area (Å²) in [6.07, 6.45) is 4.27. The smallest absolute Gasteiger partial charge is 0.00227 e. The summed E-state index contributed by atoms with van der Waals surface area (Å²) in [4.78, 5) is 0. The molecule has 0 heterocycles. The maximum atomic E-state index is 3.52. The Kier molecular flexibility index (Phi) is 4.00. The monoisotopic (exact) mass is 217 g/mol. The van der Waals surface area contributed by atoms with Gasteiger partial charge in [-0.25, -0.2) is 0 Å². The molecule has 0 radical (unpaired) electrons. The van der Waals surface area contributed by atoms with Crippen LogP contribution in [0.1, 0.15) is 43.2 Å². The third-order valence-corrected chi connectivity index (χ3v) is 3.80. The molecule has 0 bridgehead atoms. The molecule has 1 aliphatic carbocycles. The molecule has 1 saturated carbocycles. The Bertz CT molecular complexity index is 328. The van der Waals surface area contributed by atoms with Crippen LogP contribution in [0.5, 0.6) is 0 Å². The van der Waals surface area contributed by atoms with Crippen molar-refractivity contribution >= 4 is 0 Å². The second-order valence-electron chi connectivity index (χ2n) is 5.02. The highest BCUT2D eigenvalue weighted by Gasteiger charge is 2.27. The second kappa shape index (κ2) is 5.49. The van der Waals surface area contributed by atoms with Crippen LogP contribution in [-0.4, -0.2) is 13.1 Å². The highest BCUT2D eigenvalue weighted by Crippen LogP contribution is 2.39. The van der Waals surface area contributed by atoms with Crippen molar-refractivity contribution < 1.29 is 0 Å². The van der Waals surface area contributed by atoms with Gasteiger partial charge in [-0.1, -0.05) is 43.2 Å². The van der Waals surface area contributed by atoms with Crippen molar-refractivity contribution in [2.75, 3.05) is 13.1 Å². The van der Waals surface area contributed by atoms with E-state index in [0.29, 0.717) is 0 Å². The molecule has 0 saturated heterocycles. The van der Waals surface area contributed by atoms with Gasteiger partial charge in [-0.2, -0.15) is 0 Å². The first kappa shape index (κ1) is 11.7. The van der Waals surface area contributed by atoms with Crippen LogP contribution in [0.25, 0.3) is 0 Å². The molecule has 1 atom stereocenters. The molecule has 0 aliphatic heterocycles. The van der Waals surface area contributed by atoms with Crippen molar-refractivity contribution in [2.24, 2.45) is 5.92 Å². The maximum absolute atomic E-state index is 3.52. The zero-order chi connectivity index (χ0) is 11.4. The summed E-state index contributed by atoms with van der Waals surface area (Å²) in [5.41, 5.74) is 2.92. The zero-order valence-corrected chi connectivity index (χ0v) is 10.5. The predicted molar refractivity (Wildman–Crippen MR) is 69.8 cm³/mol. The average Bonchev–Trinajstić information content (AvgIpc) is 2.21. The quantitative estimate of drug-likeness (QED) is 0.796. The summed E-state index contributed by atoms with van der Waals surface area (Å²) in [6.45, 7) is 6.60. The molecular formula is C15H23N. The Morgan fingerprint density at radius 1 is 1.38 bits per heavy atom. The fraction of sp³-hybridized carbons (Fsp3) is 0.600. The Balaban J connectivity index is 2.10. The summed E-state index contributed by atoms with van der Waals surface area (Å²) in [6, 6.07) is 9.05. The molecule has 1 fully saturated rings. The fourth-order valence-corrected chi connectivity index (χ4v) is 2.60. The van der Waals surface area contributed by atoms with Crippen LogP contribution in [0.2, 0.25) is 0 Å². The number of hydrogen-bond donors (Lipinski definition) is 1. The molecule has 0 aromatic heterocycles. The van der Waals surface area contributed by atoms with Gasteiger partial charge in [0, 0.05) is 6.54 Å². The third kappa shape index (κ3) is 2.65. The van der Waals surface area contributed by atoms with Crippen LogP contribution in [-0.2, 0) is 0 Å². The lowest BCUT2D eigenvalue weighted by molar-refractivity contribution is 0.255. The van der Waals surface area contributed by atoms with Gasteiger partial charge in [0.25, 0.3) is 0 Å². The lowest BCUT2D eigenvalue weighted by Gasteiger charge is -2.34. The molecule has 1 aromatic carbocycles. The minimum absolute atomic E-state index is 0.730. The summed E-state index contributed by atoms with van der Waals surface area (Å²) in [5, 5.41) is 3.52. The van der Waals surface area contributed by atoms with Gasteiger partial charge in [0.1, 0.15) is 0 Å². The van der Waals surface area contributed by atoms with E-state index in [0.717, 1.165) is 24.9 Å². The van der Waals surface area contributed by atoms with Gasteiger partial charge in [0.15, 0.2) is 0 Å². The summed E-state index contributed by atoms with van der Waals surface area (Å²) >= 11 is 0. The van der Waals surface area contributed by atoms with Gasteiger partial charge >= 0.3 is 0 Å². The maximum Gasteiger partial charge on any atom is 0.00227 e. The van der Waals surface area contributed by atoms with Crippen molar-refractivity contribution in [3.8, 4) is 0 Å². The zero-order valence-electron chi connectivity index (χ0n) is 10.5. The summed E-state index contributed by atoms with van der Waals surface area (Å²) < 4.78 is 0. The highest BCUT2D eigenvalue weighted by atomic mass is 14.8. The molecule has 88 valence electrons. The molecule has 0 amide bonds. The van der Waals surface area contributed by atoms with Gasteiger partial charge < -0.3 is 5.32 Å². The van der Waals surface area contributed by atoms with Gasteiger partial charge in [-0.3, -0.25) is 0 Å². The van der Waals surface area contributed by atoms with E-state index in [2.05, 4.69) is 43.4 Å². The van der Waals surface area contributed by atoms with Gasteiger partial charge in [0.05, 0.1) is 0 Å². The van der Waals surface area contributed by atoms with Crippen molar-refractivity contribution in [3.05, 3.63) is 35.4 Å². The number of nitrogens with one attached hydrogen (secondary N) is 1. The van der Waals surface area contributed by atoms with E-state index in [4.69, 9.17) is 0 Å². The lowest BCUT2D eigenvalue weighted by atomic mass is 9.73. The number of benzene rings is 1. The Labute approximate surface area is 99.3 Å². The molecule has 0 spiro atoms. The first-order valence-corrected chi connectivity index (χ1v) is 6.58. The average molecular weight is 217 g/mol. The number of aryl methyl sites for hydroxylation is 1. The van der Waals surface area contributed by atoms with Crippen LogP contribution in [0.3, 0.4) is 0 Å². The van der Waals surface area contributed by atoms with E-state index < -0.39 is 0 Å².